The first-order chi connectivity index (χ1) is 10.3. The molecule has 4 nitrogen and oxygen atoms in total. The standard InChI is InChI=1S/C16H22ClN3O/c17-16-9-13(2-1-12(16)11-21)19-14-5-8-20(10-14)15-3-6-18-7-4-15/h1-2,9,11,14-15,18-19H,3-8,10H2. The zero-order valence-electron chi connectivity index (χ0n) is 12.1. The molecule has 21 heavy (non-hydrogen) atoms. The van der Waals surface area contributed by atoms with Crippen LogP contribution < -0.4 is 10.6 Å². The third-order valence-corrected chi connectivity index (χ3v) is 4.87. The van der Waals surface area contributed by atoms with Gasteiger partial charge in [-0.15, -0.1) is 0 Å². The molecule has 2 aliphatic heterocycles. The Morgan fingerprint density at radius 1 is 1.29 bits per heavy atom. The van der Waals surface area contributed by atoms with Crippen LogP contribution in [0.4, 0.5) is 5.69 Å². The quantitative estimate of drug-likeness (QED) is 0.838. The number of piperidine rings is 1. The molecule has 1 aromatic carbocycles. The number of rotatable bonds is 4. The molecule has 0 saturated carbocycles. The van der Waals surface area contributed by atoms with Crippen molar-refractivity contribution in [1.29, 1.82) is 0 Å². The summed E-state index contributed by atoms with van der Waals surface area (Å²) in [6.07, 6.45) is 4.47. The van der Waals surface area contributed by atoms with E-state index in [1.165, 1.54) is 19.4 Å². The summed E-state index contributed by atoms with van der Waals surface area (Å²) in [6, 6.07) is 6.76. The number of carbonyl (C=O) groups is 1. The number of nitrogens with one attached hydrogen (secondary N) is 2. The number of likely N-dealkylation sites (tertiary alicyclic amines) is 1. The van der Waals surface area contributed by atoms with Gasteiger partial charge in [-0.1, -0.05) is 11.6 Å². The molecule has 0 spiro atoms. The lowest BCUT2D eigenvalue weighted by molar-refractivity contribution is 0.112. The van der Waals surface area contributed by atoms with E-state index in [4.69, 9.17) is 11.6 Å². The van der Waals surface area contributed by atoms with E-state index in [2.05, 4.69) is 15.5 Å². The minimum atomic E-state index is 0.470. The van der Waals surface area contributed by atoms with E-state index in [1.807, 2.05) is 12.1 Å². The van der Waals surface area contributed by atoms with Crippen molar-refractivity contribution in [3.05, 3.63) is 28.8 Å². The fourth-order valence-electron chi connectivity index (χ4n) is 3.36. The highest BCUT2D eigenvalue weighted by molar-refractivity contribution is 6.33. The molecule has 0 radical (unpaired) electrons. The van der Waals surface area contributed by atoms with Gasteiger partial charge in [-0.2, -0.15) is 0 Å². The van der Waals surface area contributed by atoms with Crippen LogP contribution in [0.25, 0.3) is 0 Å². The molecule has 0 aromatic heterocycles. The minimum Gasteiger partial charge on any atom is -0.381 e. The van der Waals surface area contributed by atoms with Crippen molar-refractivity contribution in [2.24, 2.45) is 0 Å². The molecule has 2 aliphatic rings. The van der Waals surface area contributed by atoms with E-state index < -0.39 is 0 Å². The zero-order valence-corrected chi connectivity index (χ0v) is 12.9. The lowest BCUT2D eigenvalue weighted by Gasteiger charge is -2.31. The lowest BCUT2D eigenvalue weighted by Crippen LogP contribution is -2.42. The maximum Gasteiger partial charge on any atom is 0.151 e. The van der Waals surface area contributed by atoms with Gasteiger partial charge in [0.15, 0.2) is 6.29 Å². The second-order valence-corrected chi connectivity index (χ2v) is 6.37. The molecule has 114 valence electrons. The Morgan fingerprint density at radius 2 is 2.10 bits per heavy atom. The highest BCUT2D eigenvalue weighted by Gasteiger charge is 2.28. The van der Waals surface area contributed by atoms with E-state index in [-0.39, 0.29) is 0 Å². The van der Waals surface area contributed by atoms with Crippen molar-refractivity contribution >= 4 is 23.6 Å². The molecule has 3 rings (SSSR count). The molecule has 1 atom stereocenters. The highest BCUT2D eigenvalue weighted by Crippen LogP contribution is 2.24. The molecular formula is C16H22ClN3O. The number of benzene rings is 1. The Balaban J connectivity index is 1.56. The Hall–Kier alpha value is -1.10. The number of anilines is 1. The van der Waals surface area contributed by atoms with Gasteiger partial charge in [-0.3, -0.25) is 9.69 Å². The molecule has 2 fully saturated rings. The van der Waals surface area contributed by atoms with Crippen molar-refractivity contribution in [2.75, 3.05) is 31.5 Å². The summed E-state index contributed by atoms with van der Waals surface area (Å²) in [5, 5.41) is 7.48. The van der Waals surface area contributed by atoms with Gasteiger partial charge in [0, 0.05) is 36.4 Å². The number of hydrogen-bond acceptors (Lipinski definition) is 4. The van der Waals surface area contributed by atoms with E-state index >= 15 is 0 Å². The van der Waals surface area contributed by atoms with Crippen molar-refractivity contribution in [2.45, 2.75) is 31.3 Å². The first kappa shape index (κ1) is 14.8. The van der Waals surface area contributed by atoms with Crippen molar-refractivity contribution < 1.29 is 4.79 Å². The van der Waals surface area contributed by atoms with Gasteiger partial charge in [0.1, 0.15) is 0 Å². The first-order valence-electron chi connectivity index (χ1n) is 7.72. The third kappa shape index (κ3) is 3.57. The molecule has 0 bridgehead atoms. The Bertz CT molecular complexity index is 502. The van der Waals surface area contributed by atoms with Crippen LogP contribution in [-0.2, 0) is 0 Å². The molecule has 0 amide bonds. The number of halogens is 1. The van der Waals surface area contributed by atoms with Crippen LogP contribution >= 0.6 is 11.6 Å². The predicted molar refractivity (Wildman–Crippen MR) is 86.3 cm³/mol. The van der Waals surface area contributed by atoms with Gasteiger partial charge >= 0.3 is 0 Å². The number of carbonyl (C=O) groups excluding carboxylic acids is 1. The van der Waals surface area contributed by atoms with E-state index in [9.17, 15) is 4.79 Å². The second-order valence-electron chi connectivity index (χ2n) is 5.96. The Labute approximate surface area is 130 Å². The molecule has 2 saturated heterocycles. The van der Waals surface area contributed by atoms with Crippen molar-refractivity contribution in [3.63, 3.8) is 0 Å². The van der Waals surface area contributed by atoms with Gasteiger partial charge in [-0.05, 0) is 50.6 Å². The fourth-order valence-corrected chi connectivity index (χ4v) is 3.58. The first-order valence-corrected chi connectivity index (χ1v) is 8.10. The zero-order chi connectivity index (χ0) is 14.7. The monoisotopic (exact) mass is 307 g/mol. The molecule has 5 heteroatoms. The summed E-state index contributed by atoms with van der Waals surface area (Å²) in [7, 11) is 0. The van der Waals surface area contributed by atoms with Crippen LogP contribution in [-0.4, -0.2) is 49.4 Å². The van der Waals surface area contributed by atoms with Crippen LogP contribution in [0, 0.1) is 0 Å². The summed E-state index contributed by atoms with van der Waals surface area (Å²) in [6.45, 7) is 4.55. The molecular weight excluding hydrogens is 286 g/mol. The lowest BCUT2D eigenvalue weighted by atomic mass is 10.1. The molecule has 0 aliphatic carbocycles. The number of hydrogen-bond donors (Lipinski definition) is 2. The third-order valence-electron chi connectivity index (χ3n) is 4.54. The van der Waals surface area contributed by atoms with Crippen LogP contribution in [0.5, 0.6) is 0 Å². The summed E-state index contributed by atoms with van der Waals surface area (Å²) in [5.41, 5.74) is 1.55. The summed E-state index contributed by atoms with van der Waals surface area (Å²) in [4.78, 5) is 13.4. The van der Waals surface area contributed by atoms with Crippen molar-refractivity contribution in [1.82, 2.24) is 10.2 Å². The highest BCUT2D eigenvalue weighted by atomic mass is 35.5. The fraction of sp³-hybridized carbons (Fsp3) is 0.562. The van der Waals surface area contributed by atoms with Gasteiger partial charge in [-0.25, -0.2) is 0 Å². The molecule has 1 aromatic rings. The largest absolute Gasteiger partial charge is 0.381 e. The van der Waals surface area contributed by atoms with Crippen LogP contribution in [0.3, 0.4) is 0 Å². The number of nitrogens with zero attached hydrogens (tertiary/aromatic N) is 1. The molecule has 2 N–H and O–H groups in total. The summed E-state index contributed by atoms with van der Waals surface area (Å²) >= 11 is 6.08. The van der Waals surface area contributed by atoms with Crippen molar-refractivity contribution in [3.8, 4) is 0 Å². The van der Waals surface area contributed by atoms with E-state index in [1.54, 1.807) is 6.07 Å². The number of aldehydes is 1. The van der Waals surface area contributed by atoms with E-state index in [0.717, 1.165) is 44.1 Å². The van der Waals surface area contributed by atoms with Gasteiger partial charge in [0.05, 0.1) is 5.02 Å². The Morgan fingerprint density at radius 3 is 2.81 bits per heavy atom. The molecule has 1 unspecified atom stereocenters. The smallest absolute Gasteiger partial charge is 0.151 e. The van der Waals surface area contributed by atoms with Gasteiger partial charge in [0.25, 0.3) is 0 Å². The normalized spacial score (nSPS) is 24.1. The maximum absolute atomic E-state index is 10.8. The van der Waals surface area contributed by atoms with Crippen LogP contribution in [0.2, 0.25) is 5.02 Å². The second kappa shape index (κ2) is 6.77. The average molecular weight is 308 g/mol. The summed E-state index contributed by atoms with van der Waals surface area (Å²) in [5.74, 6) is 0. The topological polar surface area (TPSA) is 44.4 Å². The maximum atomic E-state index is 10.8. The summed E-state index contributed by atoms with van der Waals surface area (Å²) < 4.78 is 0. The Kier molecular flexibility index (Phi) is 4.78. The van der Waals surface area contributed by atoms with E-state index in [0.29, 0.717) is 16.6 Å². The predicted octanol–water partition coefficient (Wildman–Crippen LogP) is 2.39. The van der Waals surface area contributed by atoms with Crippen LogP contribution in [0.1, 0.15) is 29.6 Å². The van der Waals surface area contributed by atoms with Gasteiger partial charge in [0.2, 0.25) is 0 Å². The van der Waals surface area contributed by atoms with Gasteiger partial charge < -0.3 is 10.6 Å². The minimum absolute atomic E-state index is 0.470. The average Bonchev–Trinajstić information content (AvgIpc) is 2.97. The SMILES string of the molecule is O=Cc1ccc(NC2CCN(C3CCNCC3)C2)cc1Cl. The van der Waals surface area contributed by atoms with Crippen LogP contribution in [0.15, 0.2) is 18.2 Å². The molecule has 2 heterocycles.